The zero-order valence-corrected chi connectivity index (χ0v) is 10.1. The smallest absolute Gasteiger partial charge is 0.140 e. The Kier molecular flexibility index (Phi) is 3.77. The van der Waals surface area contributed by atoms with E-state index in [1.165, 1.54) is 0 Å². The molecule has 18 heavy (non-hydrogen) atoms. The minimum absolute atomic E-state index is 0.404. The van der Waals surface area contributed by atoms with Gasteiger partial charge in [-0.25, -0.2) is 4.98 Å². The summed E-state index contributed by atoms with van der Waals surface area (Å²) in [5.41, 5.74) is 2.37. The number of nitriles is 1. The van der Waals surface area contributed by atoms with Gasteiger partial charge in [0.1, 0.15) is 24.1 Å². The standard InChI is InChI=1S/C14H13N3O/c1-16-12-2-4-14(5-3-12)18-10-11-6-7-17-13(8-11)9-15/h2-8,16H,10H2,1H3. The SMILES string of the molecule is CNc1ccc(OCc2ccnc(C#N)c2)cc1. The van der Waals surface area contributed by atoms with Crippen molar-refractivity contribution >= 4 is 5.69 Å². The zero-order valence-electron chi connectivity index (χ0n) is 10.1. The Balaban J connectivity index is 2.00. The summed E-state index contributed by atoms with van der Waals surface area (Å²) < 4.78 is 5.63. The van der Waals surface area contributed by atoms with Crippen LogP contribution in [0.5, 0.6) is 5.75 Å². The lowest BCUT2D eigenvalue weighted by atomic mass is 10.2. The van der Waals surface area contributed by atoms with E-state index in [2.05, 4.69) is 10.3 Å². The lowest BCUT2D eigenvalue weighted by Gasteiger charge is -2.07. The van der Waals surface area contributed by atoms with Crippen LogP contribution < -0.4 is 10.1 Å². The summed E-state index contributed by atoms with van der Waals surface area (Å²) in [5, 5.41) is 11.8. The highest BCUT2D eigenvalue weighted by Crippen LogP contribution is 2.16. The molecule has 0 bridgehead atoms. The molecule has 1 aromatic carbocycles. The number of anilines is 1. The van der Waals surface area contributed by atoms with Gasteiger partial charge in [-0.2, -0.15) is 5.26 Å². The molecule has 90 valence electrons. The van der Waals surface area contributed by atoms with Gasteiger partial charge < -0.3 is 10.1 Å². The normalized spacial score (nSPS) is 9.56. The summed E-state index contributed by atoms with van der Waals surface area (Å²) in [6.45, 7) is 0.427. The number of rotatable bonds is 4. The van der Waals surface area contributed by atoms with E-state index in [0.29, 0.717) is 12.3 Å². The van der Waals surface area contributed by atoms with Crippen molar-refractivity contribution in [3.05, 3.63) is 53.9 Å². The average molecular weight is 239 g/mol. The fourth-order valence-electron chi connectivity index (χ4n) is 1.51. The van der Waals surface area contributed by atoms with Crippen molar-refractivity contribution in [2.75, 3.05) is 12.4 Å². The number of benzene rings is 1. The molecule has 0 atom stereocenters. The molecule has 1 heterocycles. The second-order valence-electron chi connectivity index (χ2n) is 3.72. The summed E-state index contributed by atoms with van der Waals surface area (Å²) in [6.07, 6.45) is 1.61. The van der Waals surface area contributed by atoms with Gasteiger partial charge in [-0.15, -0.1) is 0 Å². The molecule has 4 heteroatoms. The second kappa shape index (κ2) is 5.69. The minimum atomic E-state index is 0.404. The third-order valence-electron chi connectivity index (χ3n) is 2.49. The van der Waals surface area contributed by atoms with Gasteiger partial charge in [0, 0.05) is 18.9 Å². The Bertz CT molecular complexity index is 558. The summed E-state index contributed by atoms with van der Waals surface area (Å²) in [6, 6.07) is 13.3. The average Bonchev–Trinajstić information content (AvgIpc) is 2.46. The quantitative estimate of drug-likeness (QED) is 0.890. The third-order valence-corrected chi connectivity index (χ3v) is 2.49. The number of hydrogen-bond donors (Lipinski definition) is 1. The molecule has 1 aromatic heterocycles. The van der Waals surface area contributed by atoms with E-state index in [0.717, 1.165) is 17.0 Å². The summed E-state index contributed by atoms with van der Waals surface area (Å²) in [7, 11) is 1.87. The maximum Gasteiger partial charge on any atom is 0.140 e. The summed E-state index contributed by atoms with van der Waals surface area (Å²) in [5.74, 6) is 0.796. The molecule has 0 aliphatic carbocycles. The van der Waals surface area contributed by atoms with Crippen molar-refractivity contribution in [2.24, 2.45) is 0 Å². The van der Waals surface area contributed by atoms with Crippen molar-refractivity contribution in [3.63, 3.8) is 0 Å². The molecule has 0 saturated heterocycles. The van der Waals surface area contributed by atoms with Crippen LogP contribution >= 0.6 is 0 Å². The summed E-state index contributed by atoms with van der Waals surface area (Å²) in [4.78, 5) is 3.91. The van der Waals surface area contributed by atoms with Crippen LogP contribution in [0.15, 0.2) is 42.6 Å². The Morgan fingerprint density at radius 3 is 2.72 bits per heavy atom. The van der Waals surface area contributed by atoms with Gasteiger partial charge >= 0.3 is 0 Å². The fraction of sp³-hybridized carbons (Fsp3) is 0.143. The molecule has 0 radical (unpaired) electrons. The highest BCUT2D eigenvalue weighted by atomic mass is 16.5. The molecule has 0 spiro atoms. The maximum absolute atomic E-state index is 8.74. The van der Waals surface area contributed by atoms with E-state index >= 15 is 0 Å². The molecule has 0 unspecified atom stereocenters. The maximum atomic E-state index is 8.74. The van der Waals surface area contributed by atoms with Gasteiger partial charge in [-0.1, -0.05) is 0 Å². The van der Waals surface area contributed by atoms with Crippen LogP contribution in [0.25, 0.3) is 0 Å². The Morgan fingerprint density at radius 1 is 1.28 bits per heavy atom. The zero-order chi connectivity index (χ0) is 12.8. The molecule has 0 amide bonds. The van der Waals surface area contributed by atoms with Crippen molar-refractivity contribution in [1.29, 1.82) is 5.26 Å². The molecule has 2 rings (SSSR count). The second-order valence-corrected chi connectivity index (χ2v) is 3.72. The van der Waals surface area contributed by atoms with Gasteiger partial charge in [-0.05, 0) is 42.0 Å². The van der Waals surface area contributed by atoms with Crippen molar-refractivity contribution in [1.82, 2.24) is 4.98 Å². The highest BCUT2D eigenvalue weighted by molar-refractivity contribution is 5.45. The monoisotopic (exact) mass is 239 g/mol. The van der Waals surface area contributed by atoms with E-state index in [4.69, 9.17) is 10.00 Å². The van der Waals surface area contributed by atoms with E-state index in [1.54, 1.807) is 12.3 Å². The van der Waals surface area contributed by atoms with Crippen LogP contribution in [0.4, 0.5) is 5.69 Å². The van der Waals surface area contributed by atoms with Gasteiger partial charge in [0.05, 0.1) is 0 Å². The lowest BCUT2D eigenvalue weighted by molar-refractivity contribution is 0.306. The van der Waals surface area contributed by atoms with Crippen molar-refractivity contribution in [2.45, 2.75) is 6.61 Å². The lowest BCUT2D eigenvalue weighted by Crippen LogP contribution is -1.97. The molecule has 0 aliphatic heterocycles. The van der Waals surface area contributed by atoms with Crippen LogP contribution in [-0.4, -0.2) is 12.0 Å². The Labute approximate surface area is 106 Å². The van der Waals surface area contributed by atoms with Crippen LogP contribution in [0.3, 0.4) is 0 Å². The number of ether oxygens (including phenoxy) is 1. The number of nitrogens with zero attached hydrogens (tertiary/aromatic N) is 2. The number of aromatic nitrogens is 1. The molecule has 0 saturated carbocycles. The van der Waals surface area contributed by atoms with Crippen molar-refractivity contribution in [3.8, 4) is 11.8 Å². The van der Waals surface area contributed by atoms with Crippen LogP contribution in [0.2, 0.25) is 0 Å². The minimum Gasteiger partial charge on any atom is -0.489 e. The van der Waals surface area contributed by atoms with Crippen LogP contribution in [0.1, 0.15) is 11.3 Å². The van der Waals surface area contributed by atoms with Gasteiger partial charge in [0.25, 0.3) is 0 Å². The number of pyridine rings is 1. The fourth-order valence-corrected chi connectivity index (χ4v) is 1.51. The molecule has 0 aliphatic rings. The number of hydrogen-bond acceptors (Lipinski definition) is 4. The molecule has 1 N–H and O–H groups in total. The number of nitrogens with one attached hydrogen (secondary N) is 1. The van der Waals surface area contributed by atoms with Gasteiger partial charge in [0.2, 0.25) is 0 Å². The third kappa shape index (κ3) is 2.98. The van der Waals surface area contributed by atoms with E-state index in [-0.39, 0.29) is 0 Å². The first-order chi connectivity index (χ1) is 8.81. The Hall–Kier alpha value is -2.54. The van der Waals surface area contributed by atoms with E-state index < -0.39 is 0 Å². The van der Waals surface area contributed by atoms with Crippen LogP contribution in [0, 0.1) is 11.3 Å². The first-order valence-electron chi connectivity index (χ1n) is 5.57. The van der Waals surface area contributed by atoms with E-state index in [1.807, 2.05) is 43.4 Å². The molecular formula is C14H13N3O. The Morgan fingerprint density at radius 2 is 2.06 bits per heavy atom. The predicted molar refractivity (Wildman–Crippen MR) is 69.3 cm³/mol. The van der Waals surface area contributed by atoms with E-state index in [9.17, 15) is 0 Å². The van der Waals surface area contributed by atoms with Gasteiger partial charge in [-0.3, -0.25) is 0 Å². The van der Waals surface area contributed by atoms with Crippen molar-refractivity contribution < 1.29 is 4.74 Å². The molecule has 4 nitrogen and oxygen atoms in total. The predicted octanol–water partition coefficient (Wildman–Crippen LogP) is 2.57. The first-order valence-corrected chi connectivity index (χ1v) is 5.57. The molecule has 0 fully saturated rings. The molecular weight excluding hydrogens is 226 g/mol. The summed E-state index contributed by atoms with van der Waals surface area (Å²) >= 11 is 0. The largest absolute Gasteiger partial charge is 0.489 e. The topological polar surface area (TPSA) is 57.9 Å². The van der Waals surface area contributed by atoms with Crippen LogP contribution in [-0.2, 0) is 6.61 Å². The van der Waals surface area contributed by atoms with Gasteiger partial charge in [0.15, 0.2) is 0 Å². The highest BCUT2D eigenvalue weighted by Gasteiger charge is 1.98. The molecule has 2 aromatic rings. The first kappa shape index (κ1) is 11.9.